The Morgan fingerprint density at radius 3 is 2.39 bits per heavy atom. The van der Waals surface area contributed by atoms with E-state index < -0.39 is 29.8 Å². The standard InChI is InChI=1S/C22H22N2O6S/c1-22(2,3)21(29)23-10-13-6-8-17(31-13)16(25)11-30-20(28)12-5-7-14-15(9-12)19(27)24(4)18(14)26/h5-9H,10-11H2,1-4H3,(H,23,29). The Kier molecular flexibility index (Phi) is 6.08. The lowest BCUT2D eigenvalue weighted by molar-refractivity contribution is -0.128. The van der Waals surface area contributed by atoms with Crippen molar-refractivity contribution in [3.8, 4) is 0 Å². The first kappa shape index (κ1) is 22.4. The van der Waals surface area contributed by atoms with Gasteiger partial charge in [-0.15, -0.1) is 11.3 Å². The van der Waals surface area contributed by atoms with E-state index in [1.807, 2.05) is 20.8 Å². The van der Waals surface area contributed by atoms with Crippen molar-refractivity contribution < 1.29 is 28.7 Å². The van der Waals surface area contributed by atoms with E-state index in [1.54, 1.807) is 12.1 Å². The van der Waals surface area contributed by atoms with Crippen molar-refractivity contribution in [1.29, 1.82) is 0 Å². The van der Waals surface area contributed by atoms with E-state index in [2.05, 4.69) is 5.32 Å². The molecule has 0 radical (unpaired) electrons. The second-order valence-electron chi connectivity index (χ2n) is 8.13. The van der Waals surface area contributed by atoms with Gasteiger partial charge in [-0.1, -0.05) is 20.8 Å². The molecular weight excluding hydrogens is 420 g/mol. The summed E-state index contributed by atoms with van der Waals surface area (Å²) in [5, 5.41) is 2.81. The van der Waals surface area contributed by atoms with Gasteiger partial charge in [-0.3, -0.25) is 24.1 Å². The van der Waals surface area contributed by atoms with Crippen molar-refractivity contribution in [3.63, 3.8) is 0 Å². The number of thiophene rings is 1. The maximum atomic E-state index is 12.4. The van der Waals surface area contributed by atoms with Gasteiger partial charge >= 0.3 is 5.97 Å². The molecule has 0 aliphatic carbocycles. The lowest BCUT2D eigenvalue weighted by atomic mass is 9.96. The van der Waals surface area contributed by atoms with E-state index in [0.29, 0.717) is 11.4 Å². The van der Waals surface area contributed by atoms with Gasteiger partial charge in [0, 0.05) is 17.3 Å². The number of nitrogens with one attached hydrogen (secondary N) is 1. The largest absolute Gasteiger partial charge is 0.454 e. The van der Waals surface area contributed by atoms with Crippen molar-refractivity contribution >= 4 is 40.8 Å². The summed E-state index contributed by atoms with van der Waals surface area (Å²) < 4.78 is 5.08. The number of benzene rings is 1. The molecule has 162 valence electrons. The predicted octanol–water partition coefficient (Wildman–Crippen LogP) is 2.68. The Bertz CT molecular complexity index is 1100. The van der Waals surface area contributed by atoms with Crippen LogP contribution in [0.5, 0.6) is 0 Å². The van der Waals surface area contributed by atoms with E-state index in [4.69, 9.17) is 4.74 Å². The summed E-state index contributed by atoms with van der Waals surface area (Å²) in [5.74, 6) is -2.15. The number of fused-ring (bicyclic) bond motifs is 1. The van der Waals surface area contributed by atoms with Crippen LogP contribution in [-0.2, 0) is 16.1 Å². The first-order chi connectivity index (χ1) is 14.5. The first-order valence-corrected chi connectivity index (χ1v) is 10.3. The lowest BCUT2D eigenvalue weighted by Crippen LogP contribution is -2.34. The van der Waals surface area contributed by atoms with Crippen LogP contribution in [0.3, 0.4) is 0 Å². The Morgan fingerprint density at radius 2 is 1.71 bits per heavy atom. The average Bonchev–Trinajstić information content (AvgIpc) is 3.29. The second-order valence-corrected chi connectivity index (χ2v) is 9.30. The minimum absolute atomic E-state index is 0.0831. The van der Waals surface area contributed by atoms with Gasteiger partial charge in [0.2, 0.25) is 11.7 Å². The van der Waals surface area contributed by atoms with Crippen molar-refractivity contribution in [2.24, 2.45) is 5.41 Å². The summed E-state index contributed by atoms with van der Waals surface area (Å²) in [6.07, 6.45) is 0. The van der Waals surface area contributed by atoms with Gasteiger partial charge in [-0.05, 0) is 30.3 Å². The summed E-state index contributed by atoms with van der Waals surface area (Å²) in [4.78, 5) is 62.8. The SMILES string of the molecule is CN1C(=O)c2ccc(C(=O)OCC(=O)c3ccc(CNC(=O)C(C)(C)C)s3)cc2C1=O. The molecule has 0 unspecified atom stereocenters. The number of carbonyl (C=O) groups is 5. The lowest BCUT2D eigenvalue weighted by Gasteiger charge is -2.17. The zero-order valence-electron chi connectivity index (χ0n) is 17.6. The van der Waals surface area contributed by atoms with Gasteiger partial charge in [0.1, 0.15) is 0 Å². The molecule has 0 saturated heterocycles. The van der Waals surface area contributed by atoms with Crippen LogP contribution >= 0.6 is 11.3 Å². The minimum atomic E-state index is -0.764. The molecule has 0 atom stereocenters. The monoisotopic (exact) mass is 442 g/mol. The van der Waals surface area contributed by atoms with E-state index in [0.717, 1.165) is 9.78 Å². The van der Waals surface area contributed by atoms with Crippen molar-refractivity contribution in [3.05, 3.63) is 56.8 Å². The van der Waals surface area contributed by atoms with E-state index in [-0.39, 0.29) is 28.4 Å². The summed E-state index contributed by atoms with van der Waals surface area (Å²) >= 11 is 1.21. The normalized spacial score (nSPS) is 13.2. The molecule has 1 aromatic carbocycles. The van der Waals surface area contributed by atoms with Gasteiger partial charge in [0.05, 0.1) is 28.1 Å². The zero-order chi connectivity index (χ0) is 22.9. The highest BCUT2D eigenvalue weighted by Gasteiger charge is 2.33. The first-order valence-electron chi connectivity index (χ1n) is 9.53. The number of hydrogen-bond acceptors (Lipinski definition) is 7. The third-order valence-electron chi connectivity index (χ3n) is 4.70. The fourth-order valence-electron chi connectivity index (χ4n) is 2.83. The van der Waals surface area contributed by atoms with E-state index in [9.17, 15) is 24.0 Å². The molecule has 1 aliphatic rings. The van der Waals surface area contributed by atoms with E-state index in [1.165, 1.54) is 36.6 Å². The molecule has 1 aliphatic heterocycles. The van der Waals surface area contributed by atoms with Gasteiger partial charge < -0.3 is 10.1 Å². The number of rotatable bonds is 6. The molecule has 0 saturated carbocycles. The van der Waals surface area contributed by atoms with Gasteiger partial charge in [-0.2, -0.15) is 0 Å². The van der Waals surface area contributed by atoms with Crippen LogP contribution in [-0.4, -0.2) is 48.0 Å². The predicted molar refractivity (Wildman–Crippen MR) is 113 cm³/mol. The molecule has 3 amide bonds. The molecule has 31 heavy (non-hydrogen) atoms. The summed E-state index contributed by atoms with van der Waals surface area (Å²) in [5.41, 5.74) is -0.0624. The highest BCUT2D eigenvalue weighted by atomic mass is 32.1. The van der Waals surface area contributed by atoms with Crippen molar-refractivity contribution in [1.82, 2.24) is 10.2 Å². The summed E-state index contributed by atoms with van der Waals surface area (Å²) in [7, 11) is 1.37. The highest BCUT2D eigenvalue weighted by Crippen LogP contribution is 2.23. The number of hydrogen-bond donors (Lipinski definition) is 1. The fourth-order valence-corrected chi connectivity index (χ4v) is 3.70. The average molecular weight is 442 g/mol. The maximum absolute atomic E-state index is 12.4. The summed E-state index contributed by atoms with van der Waals surface area (Å²) in [6.45, 7) is 5.29. The number of ether oxygens (including phenoxy) is 1. The topological polar surface area (TPSA) is 110 Å². The molecule has 0 spiro atoms. The molecule has 1 aromatic heterocycles. The molecule has 3 rings (SSSR count). The maximum Gasteiger partial charge on any atom is 0.338 e. The number of esters is 1. The number of amides is 3. The van der Waals surface area contributed by atoms with Crippen LogP contribution in [0.4, 0.5) is 0 Å². The Labute approximate surface area is 183 Å². The van der Waals surface area contributed by atoms with Gasteiger partial charge in [0.15, 0.2) is 6.61 Å². The summed E-state index contributed by atoms with van der Waals surface area (Å²) in [6, 6.07) is 7.44. The number of carbonyl (C=O) groups excluding carboxylic acids is 5. The fraction of sp³-hybridized carbons (Fsp3) is 0.318. The zero-order valence-corrected chi connectivity index (χ0v) is 18.4. The molecule has 0 fully saturated rings. The minimum Gasteiger partial charge on any atom is -0.454 e. The Morgan fingerprint density at radius 1 is 1.03 bits per heavy atom. The molecule has 9 heteroatoms. The van der Waals surface area contributed by atoms with Gasteiger partial charge in [0.25, 0.3) is 11.8 Å². The Hall–Kier alpha value is -3.33. The van der Waals surface area contributed by atoms with Crippen molar-refractivity contribution in [2.75, 3.05) is 13.7 Å². The molecule has 1 N–H and O–H groups in total. The third-order valence-corrected chi connectivity index (χ3v) is 5.83. The molecule has 2 heterocycles. The second kappa shape index (κ2) is 8.43. The van der Waals surface area contributed by atoms with E-state index >= 15 is 0 Å². The highest BCUT2D eigenvalue weighted by molar-refractivity contribution is 7.14. The van der Waals surface area contributed by atoms with Crippen LogP contribution in [0.25, 0.3) is 0 Å². The van der Waals surface area contributed by atoms with Crippen LogP contribution in [0.15, 0.2) is 30.3 Å². The molecule has 2 aromatic rings. The van der Waals surface area contributed by atoms with Crippen LogP contribution in [0, 0.1) is 5.41 Å². The van der Waals surface area contributed by atoms with Crippen LogP contribution < -0.4 is 5.32 Å². The van der Waals surface area contributed by atoms with Gasteiger partial charge in [-0.25, -0.2) is 4.79 Å². The number of nitrogens with zero attached hydrogens (tertiary/aromatic N) is 1. The quantitative estimate of drug-likeness (QED) is 0.418. The number of ketones is 1. The number of Topliss-reactive ketones (excluding diaryl/α,β-unsaturated/α-hetero) is 1. The van der Waals surface area contributed by atoms with Crippen LogP contribution in [0.1, 0.15) is 66.4 Å². The van der Waals surface area contributed by atoms with Crippen LogP contribution in [0.2, 0.25) is 0 Å². The molecule has 8 nitrogen and oxygen atoms in total. The smallest absolute Gasteiger partial charge is 0.338 e. The molecule has 0 bridgehead atoms. The number of imide groups is 1. The third kappa shape index (κ3) is 4.72. The Balaban J connectivity index is 1.58. The van der Waals surface area contributed by atoms with Crippen molar-refractivity contribution in [2.45, 2.75) is 27.3 Å². The molecular formula is C22H22N2O6S.